The molecule has 2 aliphatic carbocycles. The zero-order valence-corrected chi connectivity index (χ0v) is 11.0. The van der Waals surface area contributed by atoms with Gasteiger partial charge in [0.1, 0.15) is 6.79 Å². The van der Waals surface area contributed by atoms with Crippen molar-refractivity contribution in [2.24, 2.45) is 17.8 Å². The Balaban J connectivity index is 2.00. The molecule has 2 saturated carbocycles. The first kappa shape index (κ1) is 12.4. The lowest BCUT2D eigenvalue weighted by Crippen LogP contribution is -2.46. The van der Waals surface area contributed by atoms with Crippen LogP contribution in [0.4, 0.5) is 0 Å². The van der Waals surface area contributed by atoms with Crippen molar-refractivity contribution >= 4 is 0 Å². The molecule has 2 bridgehead atoms. The number of methoxy groups -OCH3 is 1. The van der Waals surface area contributed by atoms with Crippen molar-refractivity contribution < 1.29 is 9.47 Å². The lowest BCUT2D eigenvalue weighted by molar-refractivity contribution is -0.177. The van der Waals surface area contributed by atoms with Crippen LogP contribution in [0.2, 0.25) is 0 Å². The molecular weight excluding hydrogens is 200 g/mol. The van der Waals surface area contributed by atoms with Crippen LogP contribution < -0.4 is 0 Å². The van der Waals surface area contributed by atoms with Crippen molar-refractivity contribution in [3.63, 3.8) is 0 Å². The quantitative estimate of drug-likeness (QED) is 0.682. The number of hydrogen-bond donors (Lipinski definition) is 0. The van der Waals surface area contributed by atoms with Gasteiger partial charge in [-0.3, -0.25) is 0 Å². The molecular formula is C14H26O2. The highest BCUT2D eigenvalue weighted by atomic mass is 16.7. The van der Waals surface area contributed by atoms with E-state index in [9.17, 15) is 0 Å². The SMILES string of the molecule is CCC1CC2CCC(C)(OCOC)C(C1)C2. The third-order valence-corrected chi connectivity index (χ3v) is 4.90. The summed E-state index contributed by atoms with van der Waals surface area (Å²) in [6.07, 6.45) is 8.14. The average molecular weight is 226 g/mol. The molecule has 2 aliphatic rings. The first-order valence-corrected chi connectivity index (χ1v) is 6.81. The molecule has 2 fully saturated rings. The molecule has 16 heavy (non-hydrogen) atoms. The van der Waals surface area contributed by atoms with Gasteiger partial charge < -0.3 is 9.47 Å². The highest BCUT2D eigenvalue weighted by Crippen LogP contribution is 2.49. The highest BCUT2D eigenvalue weighted by Gasteiger charge is 2.44. The molecule has 0 N–H and O–H groups in total. The van der Waals surface area contributed by atoms with Crippen molar-refractivity contribution in [1.29, 1.82) is 0 Å². The lowest BCUT2D eigenvalue weighted by Gasteiger charge is -2.49. The summed E-state index contributed by atoms with van der Waals surface area (Å²) in [5.41, 5.74) is 0.0837. The Labute approximate surface area is 99.7 Å². The number of hydrogen-bond acceptors (Lipinski definition) is 2. The Morgan fingerprint density at radius 3 is 2.75 bits per heavy atom. The second kappa shape index (κ2) is 5.05. The van der Waals surface area contributed by atoms with Gasteiger partial charge in [-0.25, -0.2) is 0 Å². The smallest absolute Gasteiger partial charge is 0.147 e. The summed E-state index contributed by atoms with van der Waals surface area (Å²) >= 11 is 0. The molecule has 0 aromatic heterocycles. The second-order valence-electron chi connectivity index (χ2n) is 5.95. The van der Waals surface area contributed by atoms with E-state index in [1.165, 1.54) is 38.5 Å². The van der Waals surface area contributed by atoms with Gasteiger partial charge in [0.25, 0.3) is 0 Å². The monoisotopic (exact) mass is 226 g/mol. The standard InChI is InChI=1S/C14H26O2/c1-4-11-7-12-5-6-14(2,16-10-15-3)13(8-11)9-12/h11-13H,4-10H2,1-3H3. The molecule has 0 aromatic carbocycles. The summed E-state index contributed by atoms with van der Waals surface area (Å²) in [5, 5.41) is 0. The van der Waals surface area contributed by atoms with E-state index in [2.05, 4.69) is 13.8 Å². The highest BCUT2D eigenvalue weighted by molar-refractivity contribution is 4.95. The number of fused-ring (bicyclic) bond motifs is 2. The Hall–Kier alpha value is -0.0800. The van der Waals surface area contributed by atoms with Crippen molar-refractivity contribution in [3.05, 3.63) is 0 Å². The lowest BCUT2D eigenvalue weighted by atomic mass is 9.61. The van der Waals surface area contributed by atoms with Crippen LogP contribution >= 0.6 is 0 Å². The van der Waals surface area contributed by atoms with Gasteiger partial charge in [-0.2, -0.15) is 0 Å². The maximum atomic E-state index is 5.98. The molecule has 0 saturated heterocycles. The maximum absolute atomic E-state index is 5.98. The largest absolute Gasteiger partial charge is 0.359 e. The maximum Gasteiger partial charge on any atom is 0.147 e. The normalized spacial score (nSPS) is 43.3. The molecule has 94 valence electrons. The zero-order valence-electron chi connectivity index (χ0n) is 11.0. The van der Waals surface area contributed by atoms with Crippen LogP contribution in [0.1, 0.15) is 52.4 Å². The molecule has 0 aliphatic heterocycles. The third-order valence-electron chi connectivity index (χ3n) is 4.90. The Kier molecular flexibility index (Phi) is 3.91. The van der Waals surface area contributed by atoms with Crippen molar-refractivity contribution in [1.82, 2.24) is 0 Å². The van der Waals surface area contributed by atoms with E-state index < -0.39 is 0 Å². The molecule has 0 amide bonds. The van der Waals surface area contributed by atoms with E-state index in [1.807, 2.05) is 0 Å². The Bertz CT molecular complexity index is 225. The first-order chi connectivity index (χ1) is 7.68. The minimum Gasteiger partial charge on any atom is -0.359 e. The Morgan fingerprint density at radius 2 is 2.06 bits per heavy atom. The van der Waals surface area contributed by atoms with Gasteiger partial charge in [-0.05, 0) is 56.8 Å². The summed E-state index contributed by atoms with van der Waals surface area (Å²) < 4.78 is 11.1. The zero-order chi connectivity index (χ0) is 11.6. The minimum atomic E-state index is 0.0837. The van der Waals surface area contributed by atoms with Crippen molar-refractivity contribution in [2.75, 3.05) is 13.9 Å². The van der Waals surface area contributed by atoms with Crippen LogP contribution in [0.25, 0.3) is 0 Å². The molecule has 0 aromatic rings. The molecule has 0 heterocycles. The molecule has 2 rings (SSSR count). The summed E-state index contributed by atoms with van der Waals surface area (Å²) in [7, 11) is 1.71. The van der Waals surface area contributed by atoms with Gasteiger partial charge in [0.05, 0.1) is 5.60 Å². The van der Waals surface area contributed by atoms with Gasteiger partial charge in [-0.15, -0.1) is 0 Å². The molecule has 4 atom stereocenters. The van der Waals surface area contributed by atoms with Gasteiger partial charge in [-0.1, -0.05) is 13.3 Å². The van der Waals surface area contributed by atoms with Crippen LogP contribution in [0.15, 0.2) is 0 Å². The summed E-state index contributed by atoms with van der Waals surface area (Å²) in [5.74, 6) is 2.68. The Morgan fingerprint density at radius 1 is 1.25 bits per heavy atom. The predicted octanol–water partition coefficient (Wildman–Crippen LogP) is 3.60. The average Bonchev–Trinajstić information content (AvgIpc) is 2.32. The molecule has 2 heteroatoms. The molecule has 0 radical (unpaired) electrons. The van der Waals surface area contributed by atoms with Gasteiger partial charge in [0.2, 0.25) is 0 Å². The topological polar surface area (TPSA) is 18.5 Å². The van der Waals surface area contributed by atoms with Crippen LogP contribution in [-0.4, -0.2) is 19.5 Å². The van der Waals surface area contributed by atoms with E-state index in [4.69, 9.17) is 9.47 Å². The minimum absolute atomic E-state index is 0.0837. The van der Waals surface area contributed by atoms with Crippen molar-refractivity contribution in [2.45, 2.75) is 58.0 Å². The van der Waals surface area contributed by atoms with Gasteiger partial charge in [0.15, 0.2) is 0 Å². The van der Waals surface area contributed by atoms with Gasteiger partial charge >= 0.3 is 0 Å². The predicted molar refractivity (Wildman–Crippen MR) is 65.2 cm³/mol. The van der Waals surface area contributed by atoms with Crippen molar-refractivity contribution in [3.8, 4) is 0 Å². The summed E-state index contributed by atoms with van der Waals surface area (Å²) in [6.45, 7) is 5.08. The third kappa shape index (κ3) is 2.43. The fourth-order valence-corrected chi connectivity index (χ4v) is 3.71. The van der Waals surface area contributed by atoms with E-state index in [0.29, 0.717) is 6.79 Å². The second-order valence-corrected chi connectivity index (χ2v) is 5.95. The summed E-state index contributed by atoms with van der Waals surface area (Å²) in [6, 6.07) is 0. The molecule has 4 unspecified atom stereocenters. The van der Waals surface area contributed by atoms with E-state index in [0.717, 1.165) is 17.8 Å². The van der Waals surface area contributed by atoms with E-state index in [1.54, 1.807) is 7.11 Å². The fraction of sp³-hybridized carbons (Fsp3) is 1.00. The van der Waals surface area contributed by atoms with Crippen LogP contribution in [-0.2, 0) is 9.47 Å². The van der Waals surface area contributed by atoms with Crippen LogP contribution in [0.3, 0.4) is 0 Å². The van der Waals surface area contributed by atoms with Gasteiger partial charge in [0, 0.05) is 7.11 Å². The summed E-state index contributed by atoms with van der Waals surface area (Å²) in [4.78, 5) is 0. The number of ether oxygens (including phenoxy) is 2. The molecule has 2 nitrogen and oxygen atoms in total. The fourth-order valence-electron chi connectivity index (χ4n) is 3.71. The van der Waals surface area contributed by atoms with Crippen LogP contribution in [0.5, 0.6) is 0 Å². The number of rotatable bonds is 4. The van der Waals surface area contributed by atoms with Crippen LogP contribution in [0, 0.1) is 17.8 Å². The van der Waals surface area contributed by atoms with E-state index in [-0.39, 0.29) is 5.60 Å². The molecule has 0 spiro atoms. The first-order valence-electron chi connectivity index (χ1n) is 6.81. The van der Waals surface area contributed by atoms with E-state index >= 15 is 0 Å².